The molecule has 6 nitrogen and oxygen atoms in total. The molecule has 30 heavy (non-hydrogen) atoms. The topological polar surface area (TPSA) is 59.7 Å². The Balaban J connectivity index is 0.00000218. The molecule has 3 aromatic heterocycles. The highest BCUT2D eigenvalue weighted by atomic mass is 35.5. The van der Waals surface area contributed by atoms with Crippen LogP contribution in [-0.2, 0) is 6.42 Å². The molecule has 1 aliphatic rings. The van der Waals surface area contributed by atoms with E-state index in [2.05, 4.69) is 20.2 Å². The average molecular weight is 451 g/mol. The quantitative estimate of drug-likeness (QED) is 0.451. The monoisotopic (exact) mass is 450 g/mol. The van der Waals surface area contributed by atoms with Crippen LogP contribution in [0.25, 0.3) is 21.9 Å². The standard InChI is InChI=1S/C19H17ClF2N6S.CH4/c1-10-25-26-17(29-10)6-16-24-14-7-23-13-4-3-11(20)5-12(13)18(14)28(16)15-8-27(2)9-19(15,21)22;/h3-5,7,15H,6,8-9H2,1-2H3;1H4. The van der Waals surface area contributed by atoms with Crippen LogP contribution in [0.5, 0.6) is 0 Å². The zero-order chi connectivity index (χ0) is 20.3. The molecule has 158 valence electrons. The molecular formula is C20H21ClF2N6S. The van der Waals surface area contributed by atoms with Gasteiger partial charge in [-0.3, -0.25) is 9.88 Å². The summed E-state index contributed by atoms with van der Waals surface area (Å²) in [4.78, 5) is 10.8. The predicted molar refractivity (Wildman–Crippen MR) is 116 cm³/mol. The molecule has 0 N–H and O–H groups in total. The second kappa shape index (κ2) is 7.47. The number of alkyl halides is 2. The van der Waals surface area contributed by atoms with Crippen LogP contribution in [0.3, 0.4) is 0 Å². The van der Waals surface area contributed by atoms with Gasteiger partial charge in [-0.05, 0) is 32.2 Å². The largest absolute Gasteiger partial charge is 0.316 e. The van der Waals surface area contributed by atoms with E-state index in [-0.39, 0.29) is 20.5 Å². The van der Waals surface area contributed by atoms with Gasteiger partial charge in [0.1, 0.15) is 27.4 Å². The first-order valence-electron chi connectivity index (χ1n) is 9.12. The van der Waals surface area contributed by atoms with Gasteiger partial charge in [0, 0.05) is 17.0 Å². The fourth-order valence-electron chi connectivity index (χ4n) is 4.03. The summed E-state index contributed by atoms with van der Waals surface area (Å²) in [6.07, 6.45) is 1.96. The third-order valence-corrected chi connectivity index (χ3v) is 6.27. The first-order valence-corrected chi connectivity index (χ1v) is 10.3. The number of hydrogen-bond acceptors (Lipinski definition) is 6. The lowest BCUT2D eigenvalue weighted by atomic mass is 10.1. The van der Waals surface area contributed by atoms with Crippen LogP contribution in [0.1, 0.15) is 29.3 Å². The summed E-state index contributed by atoms with van der Waals surface area (Å²) in [6.45, 7) is 1.80. The zero-order valence-corrected chi connectivity index (χ0v) is 17.3. The maximum absolute atomic E-state index is 15.0. The van der Waals surface area contributed by atoms with Crippen LogP contribution in [0, 0.1) is 6.92 Å². The summed E-state index contributed by atoms with van der Waals surface area (Å²) in [5.74, 6) is -2.35. The van der Waals surface area contributed by atoms with E-state index >= 15 is 0 Å². The Hall–Kier alpha value is -2.23. The molecule has 5 rings (SSSR count). The number of imidazole rings is 1. The average Bonchev–Trinajstić information content (AvgIpc) is 3.29. The van der Waals surface area contributed by atoms with Crippen molar-refractivity contribution in [3.05, 3.63) is 45.3 Å². The normalized spacial score (nSPS) is 18.9. The second-order valence-electron chi connectivity index (χ2n) is 7.42. The molecule has 0 amide bonds. The van der Waals surface area contributed by atoms with Crippen molar-refractivity contribution in [1.29, 1.82) is 0 Å². The van der Waals surface area contributed by atoms with Crippen LogP contribution in [0.2, 0.25) is 5.02 Å². The van der Waals surface area contributed by atoms with Crippen LogP contribution < -0.4 is 0 Å². The minimum absolute atomic E-state index is 0. The first-order chi connectivity index (χ1) is 13.8. The number of halogens is 3. The Kier molecular flexibility index (Phi) is 5.24. The van der Waals surface area contributed by atoms with Gasteiger partial charge in [0.2, 0.25) is 0 Å². The number of hydrogen-bond donors (Lipinski definition) is 0. The maximum Gasteiger partial charge on any atom is 0.282 e. The Morgan fingerprint density at radius 1 is 1.27 bits per heavy atom. The lowest BCUT2D eigenvalue weighted by molar-refractivity contribution is -0.0200. The molecule has 1 fully saturated rings. The van der Waals surface area contributed by atoms with Gasteiger partial charge in [-0.2, -0.15) is 0 Å². The maximum atomic E-state index is 15.0. The lowest BCUT2D eigenvalue weighted by Crippen LogP contribution is -2.30. The molecule has 1 aromatic carbocycles. The Morgan fingerprint density at radius 3 is 2.73 bits per heavy atom. The van der Waals surface area contributed by atoms with Gasteiger partial charge in [0.05, 0.1) is 30.2 Å². The van der Waals surface area contributed by atoms with E-state index in [1.807, 2.05) is 6.92 Å². The number of aromatic nitrogens is 5. The van der Waals surface area contributed by atoms with Crippen LogP contribution in [0.15, 0.2) is 24.4 Å². The first kappa shape index (κ1) is 21.0. The number of rotatable bonds is 3. The highest BCUT2D eigenvalue weighted by Gasteiger charge is 2.49. The number of benzene rings is 1. The van der Waals surface area contributed by atoms with E-state index in [1.54, 1.807) is 40.9 Å². The molecule has 0 spiro atoms. The van der Waals surface area contributed by atoms with E-state index in [4.69, 9.17) is 11.6 Å². The minimum atomic E-state index is -2.89. The molecule has 10 heteroatoms. The molecule has 1 saturated heterocycles. The van der Waals surface area contributed by atoms with Crippen molar-refractivity contribution in [2.45, 2.75) is 32.7 Å². The molecule has 1 unspecified atom stereocenters. The number of pyridine rings is 1. The number of fused-ring (bicyclic) bond motifs is 3. The Morgan fingerprint density at radius 2 is 2.07 bits per heavy atom. The molecule has 1 atom stereocenters. The molecule has 0 saturated carbocycles. The van der Waals surface area contributed by atoms with Gasteiger partial charge < -0.3 is 4.57 Å². The SMILES string of the molecule is C.Cc1nnc(Cc2nc3cnc4ccc(Cl)cc4c3n2C2CN(C)CC2(F)F)s1. The summed E-state index contributed by atoms with van der Waals surface area (Å²) in [5.41, 5.74) is 1.89. The Bertz CT molecular complexity index is 1240. The van der Waals surface area contributed by atoms with Crippen molar-refractivity contribution >= 4 is 44.9 Å². The smallest absolute Gasteiger partial charge is 0.282 e. The number of likely N-dealkylation sites (tertiary alicyclic amines) is 1. The summed E-state index contributed by atoms with van der Waals surface area (Å²) >= 11 is 7.66. The molecule has 0 aliphatic carbocycles. The van der Waals surface area contributed by atoms with E-state index in [0.717, 1.165) is 10.0 Å². The van der Waals surface area contributed by atoms with E-state index in [0.29, 0.717) is 39.2 Å². The van der Waals surface area contributed by atoms with Crippen molar-refractivity contribution in [2.75, 3.05) is 20.1 Å². The summed E-state index contributed by atoms with van der Waals surface area (Å²) in [6, 6.07) is 4.26. The van der Waals surface area contributed by atoms with Gasteiger partial charge in [0.25, 0.3) is 5.92 Å². The number of nitrogens with zero attached hydrogens (tertiary/aromatic N) is 6. The summed E-state index contributed by atoms with van der Waals surface area (Å²) < 4.78 is 31.7. The van der Waals surface area contributed by atoms with Crippen molar-refractivity contribution in [1.82, 2.24) is 29.6 Å². The third-order valence-electron chi connectivity index (χ3n) is 5.19. The van der Waals surface area contributed by atoms with E-state index in [9.17, 15) is 8.78 Å². The molecule has 4 heterocycles. The van der Waals surface area contributed by atoms with Gasteiger partial charge in [-0.25, -0.2) is 13.8 Å². The van der Waals surface area contributed by atoms with E-state index < -0.39 is 12.0 Å². The Labute approximate surface area is 181 Å². The van der Waals surface area contributed by atoms with Crippen LogP contribution >= 0.6 is 22.9 Å². The molecule has 1 aliphatic heterocycles. The molecule has 0 radical (unpaired) electrons. The second-order valence-corrected chi connectivity index (χ2v) is 9.12. The van der Waals surface area contributed by atoms with Crippen molar-refractivity contribution in [3.63, 3.8) is 0 Å². The predicted octanol–water partition coefficient (Wildman–Crippen LogP) is 4.75. The minimum Gasteiger partial charge on any atom is -0.316 e. The molecule has 4 aromatic rings. The van der Waals surface area contributed by atoms with Crippen molar-refractivity contribution < 1.29 is 8.78 Å². The zero-order valence-electron chi connectivity index (χ0n) is 15.7. The van der Waals surface area contributed by atoms with Gasteiger partial charge in [0.15, 0.2) is 0 Å². The van der Waals surface area contributed by atoms with E-state index in [1.165, 1.54) is 11.3 Å². The van der Waals surface area contributed by atoms with Gasteiger partial charge >= 0.3 is 0 Å². The lowest BCUT2D eigenvalue weighted by Gasteiger charge is -2.22. The fourth-order valence-corrected chi connectivity index (χ4v) is 4.91. The van der Waals surface area contributed by atoms with Crippen molar-refractivity contribution in [2.24, 2.45) is 0 Å². The summed E-state index contributed by atoms with van der Waals surface area (Å²) in [5, 5.41) is 11.0. The molecule has 0 bridgehead atoms. The summed E-state index contributed by atoms with van der Waals surface area (Å²) in [7, 11) is 1.71. The van der Waals surface area contributed by atoms with Crippen LogP contribution in [0.4, 0.5) is 8.78 Å². The van der Waals surface area contributed by atoms with Gasteiger partial charge in [-0.1, -0.05) is 19.0 Å². The molecular weight excluding hydrogens is 430 g/mol. The highest BCUT2D eigenvalue weighted by Crippen LogP contribution is 2.40. The number of likely N-dealkylation sites (N-methyl/N-ethyl adjacent to an activating group) is 1. The number of aryl methyl sites for hydroxylation is 1. The van der Waals surface area contributed by atoms with Gasteiger partial charge in [-0.15, -0.1) is 21.5 Å². The third kappa shape index (κ3) is 3.44. The highest BCUT2D eigenvalue weighted by molar-refractivity contribution is 7.11. The van der Waals surface area contributed by atoms with Crippen LogP contribution in [-0.4, -0.2) is 55.7 Å². The van der Waals surface area contributed by atoms with Crippen molar-refractivity contribution in [3.8, 4) is 0 Å². The fraction of sp³-hybridized carbons (Fsp3) is 0.400.